The van der Waals surface area contributed by atoms with Crippen molar-refractivity contribution in [1.29, 1.82) is 0 Å². The van der Waals surface area contributed by atoms with E-state index in [1.807, 2.05) is 6.92 Å². The summed E-state index contributed by atoms with van der Waals surface area (Å²) in [6.45, 7) is 2.35. The molecule has 0 radical (unpaired) electrons. The van der Waals surface area contributed by atoms with Gasteiger partial charge in [0.15, 0.2) is 0 Å². The molecule has 1 aromatic carbocycles. The fraction of sp³-hybridized carbons (Fsp3) is 0.300. The summed E-state index contributed by atoms with van der Waals surface area (Å²) in [6, 6.07) is 4.73. The lowest BCUT2D eigenvalue weighted by Gasteiger charge is -2.00. The van der Waals surface area contributed by atoms with E-state index in [2.05, 4.69) is 5.10 Å². The lowest BCUT2D eigenvalue weighted by molar-refractivity contribution is 0.269. The fourth-order valence-corrected chi connectivity index (χ4v) is 1.62. The summed E-state index contributed by atoms with van der Waals surface area (Å²) in [6.07, 6.45) is 0. The van der Waals surface area contributed by atoms with Crippen molar-refractivity contribution in [1.82, 2.24) is 9.78 Å². The summed E-state index contributed by atoms with van der Waals surface area (Å²) >= 11 is 0. The van der Waals surface area contributed by atoms with E-state index in [0.717, 1.165) is 0 Å². The standard InChI is InChI=1S/C10H11FN2O/c1-2-13-9(6-14)10-7(11)4-3-5-8(10)12-13/h3-5,14H,2,6H2,1H3. The molecular formula is C10H11FN2O. The maximum Gasteiger partial charge on any atom is 0.134 e. The number of benzene rings is 1. The average molecular weight is 194 g/mol. The van der Waals surface area contributed by atoms with Crippen LogP contribution in [0.15, 0.2) is 18.2 Å². The third-order valence-corrected chi connectivity index (χ3v) is 2.27. The van der Waals surface area contributed by atoms with Crippen molar-refractivity contribution < 1.29 is 9.50 Å². The smallest absolute Gasteiger partial charge is 0.134 e. The van der Waals surface area contributed by atoms with Crippen LogP contribution in [0.25, 0.3) is 10.9 Å². The van der Waals surface area contributed by atoms with Crippen LogP contribution in [0, 0.1) is 5.82 Å². The van der Waals surface area contributed by atoms with Crippen molar-refractivity contribution in [3.05, 3.63) is 29.7 Å². The SMILES string of the molecule is CCn1nc2cccc(F)c2c1CO. The lowest BCUT2D eigenvalue weighted by atomic mass is 10.2. The first-order valence-electron chi connectivity index (χ1n) is 4.52. The summed E-state index contributed by atoms with van der Waals surface area (Å²) < 4.78 is 15.0. The molecule has 0 amide bonds. The number of aromatic nitrogens is 2. The highest BCUT2D eigenvalue weighted by Gasteiger charge is 2.12. The zero-order chi connectivity index (χ0) is 10.1. The van der Waals surface area contributed by atoms with Gasteiger partial charge in [-0.05, 0) is 19.1 Å². The van der Waals surface area contributed by atoms with Crippen LogP contribution in [0.5, 0.6) is 0 Å². The molecule has 0 saturated carbocycles. The lowest BCUT2D eigenvalue weighted by Crippen LogP contribution is -2.02. The van der Waals surface area contributed by atoms with Gasteiger partial charge < -0.3 is 5.11 Å². The topological polar surface area (TPSA) is 38.0 Å². The Balaban J connectivity index is 2.81. The molecule has 0 aliphatic carbocycles. The maximum absolute atomic E-state index is 13.4. The van der Waals surface area contributed by atoms with Gasteiger partial charge in [0.05, 0.1) is 23.2 Å². The Labute approximate surface area is 80.8 Å². The molecule has 1 aromatic heterocycles. The Morgan fingerprint density at radius 1 is 1.50 bits per heavy atom. The van der Waals surface area contributed by atoms with Crippen LogP contribution in [0.4, 0.5) is 4.39 Å². The number of fused-ring (bicyclic) bond motifs is 1. The van der Waals surface area contributed by atoms with E-state index < -0.39 is 0 Å². The number of aliphatic hydroxyl groups is 1. The minimum Gasteiger partial charge on any atom is -0.390 e. The van der Waals surface area contributed by atoms with Gasteiger partial charge in [-0.1, -0.05) is 6.07 Å². The molecule has 0 aliphatic rings. The van der Waals surface area contributed by atoms with Crippen molar-refractivity contribution in [2.45, 2.75) is 20.1 Å². The molecule has 2 rings (SSSR count). The molecule has 0 saturated heterocycles. The molecule has 0 aliphatic heterocycles. The molecule has 3 nitrogen and oxygen atoms in total. The molecular weight excluding hydrogens is 183 g/mol. The van der Waals surface area contributed by atoms with Gasteiger partial charge in [0, 0.05) is 6.54 Å². The first-order chi connectivity index (χ1) is 6.77. The van der Waals surface area contributed by atoms with Crippen molar-refractivity contribution in [3.63, 3.8) is 0 Å². The molecule has 14 heavy (non-hydrogen) atoms. The van der Waals surface area contributed by atoms with E-state index >= 15 is 0 Å². The molecule has 1 heterocycles. The van der Waals surface area contributed by atoms with Crippen LogP contribution in [-0.2, 0) is 13.2 Å². The first kappa shape index (κ1) is 9.15. The molecule has 4 heteroatoms. The average Bonchev–Trinajstić information content (AvgIpc) is 2.56. The molecule has 0 spiro atoms. The Kier molecular flexibility index (Phi) is 2.21. The summed E-state index contributed by atoms with van der Waals surface area (Å²) in [5.74, 6) is -0.328. The number of aryl methyl sites for hydroxylation is 1. The molecule has 0 unspecified atom stereocenters. The highest BCUT2D eigenvalue weighted by Crippen LogP contribution is 2.21. The van der Waals surface area contributed by atoms with Crippen molar-refractivity contribution in [2.24, 2.45) is 0 Å². The van der Waals surface area contributed by atoms with E-state index in [4.69, 9.17) is 5.11 Å². The Morgan fingerprint density at radius 3 is 2.93 bits per heavy atom. The predicted octanol–water partition coefficient (Wildman–Crippen LogP) is 1.69. The van der Waals surface area contributed by atoms with E-state index in [1.165, 1.54) is 6.07 Å². The van der Waals surface area contributed by atoms with Crippen molar-refractivity contribution >= 4 is 10.9 Å². The number of nitrogens with zero attached hydrogens (tertiary/aromatic N) is 2. The molecule has 0 bridgehead atoms. The van der Waals surface area contributed by atoms with Gasteiger partial charge in [-0.2, -0.15) is 5.10 Å². The third kappa shape index (κ3) is 1.19. The first-order valence-corrected chi connectivity index (χ1v) is 4.52. The van der Waals surface area contributed by atoms with Crippen LogP contribution in [0.1, 0.15) is 12.6 Å². The quantitative estimate of drug-likeness (QED) is 0.790. The number of aliphatic hydroxyl groups excluding tert-OH is 1. The maximum atomic E-state index is 13.4. The molecule has 2 aromatic rings. The van der Waals surface area contributed by atoms with Crippen LogP contribution >= 0.6 is 0 Å². The Hall–Kier alpha value is -1.42. The minimum absolute atomic E-state index is 0.189. The van der Waals surface area contributed by atoms with Gasteiger partial charge in [0.1, 0.15) is 5.82 Å². The predicted molar refractivity (Wildman–Crippen MR) is 51.3 cm³/mol. The number of rotatable bonds is 2. The van der Waals surface area contributed by atoms with Crippen LogP contribution in [0.3, 0.4) is 0 Å². The van der Waals surface area contributed by atoms with E-state index in [-0.39, 0.29) is 12.4 Å². The number of hydrogen-bond acceptors (Lipinski definition) is 2. The van der Waals surface area contributed by atoms with Crippen LogP contribution in [0.2, 0.25) is 0 Å². The molecule has 0 fully saturated rings. The monoisotopic (exact) mass is 194 g/mol. The van der Waals surface area contributed by atoms with Crippen LogP contribution < -0.4 is 0 Å². The van der Waals surface area contributed by atoms with Crippen LogP contribution in [-0.4, -0.2) is 14.9 Å². The van der Waals surface area contributed by atoms with Gasteiger partial charge in [-0.25, -0.2) is 4.39 Å². The fourth-order valence-electron chi connectivity index (χ4n) is 1.62. The summed E-state index contributed by atoms with van der Waals surface area (Å²) in [4.78, 5) is 0. The van der Waals surface area contributed by atoms with Crippen molar-refractivity contribution in [2.75, 3.05) is 0 Å². The molecule has 1 N–H and O–H groups in total. The Bertz CT molecular complexity index is 464. The summed E-state index contributed by atoms with van der Waals surface area (Å²) in [5, 5.41) is 13.7. The third-order valence-electron chi connectivity index (χ3n) is 2.27. The normalized spacial score (nSPS) is 11.1. The molecule has 0 atom stereocenters. The van der Waals surface area contributed by atoms with Gasteiger partial charge in [-0.15, -0.1) is 0 Å². The van der Waals surface area contributed by atoms with E-state index in [0.29, 0.717) is 23.1 Å². The summed E-state index contributed by atoms with van der Waals surface area (Å²) in [7, 11) is 0. The van der Waals surface area contributed by atoms with Crippen molar-refractivity contribution in [3.8, 4) is 0 Å². The summed E-state index contributed by atoms with van der Waals surface area (Å²) in [5.41, 5.74) is 1.14. The zero-order valence-corrected chi connectivity index (χ0v) is 7.87. The highest BCUT2D eigenvalue weighted by molar-refractivity contribution is 5.82. The van der Waals surface area contributed by atoms with E-state index in [9.17, 15) is 4.39 Å². The largest absolute Gasteiger partial charge is 0.390 e. The Morgan fingerprint density at radius 2 is 2.29 bits per heavy atom. The second-order valence-corrected chi connectivity index (χ2v) is 3.05. The second-order valence-electron chi connectivity index (χ2n) is 3.05. The number of halogens is 1. The zero-order valence-electron chi connectivity index (χ0n) is 7.87. The van der Waals surface area contributed by atoms with Gasteiger partial charge in [0.25, 0.3) is 0 Å². The van der Waals surface area contributed by atoms with E-state index in [1.54, 1.807) is 16.8 Å². The second kappa shape index (κ2) is 3.38. The molecule has 74 valence electrons. The minimum atomic E-state index is -0.328. The number of hydrogen-bond donors (Lipinski definition) is 1. The van der Waals surface area contributed by atoms with Gasteiger partial charge >= 0.3 is 0 Å². The highest BCUT2D eigenvalue weighted by atomic mass is 19.1. The van der Waals surface area contributed by atoms with Gasteiger partial charge in [0.2, 0.25) is 0 Å². The van der Waals surface area contributed by atoms with Gasteiger partial charge in [-0.3, -0.25) is 4.68 Å².